The molecule has 4 aromatic rings. The second kappa shape index (κ2) is 12.6. The lowest BCUT2D eigenvalue weighted by Crippen LogP contribution is -2.53. The number of rotatable bonds is 9. The molecule has 1 unspecified atom stereocenters. The summed E-state index contributed by atoms with van der Waals surface area (Å²) in [6.07, 6.45) is -3.45. The summed E-state index contributed by atoms with van der Waals surface area (Å²) < 4.78 is 44.0. The quantitative estimate of drug-likeness (QED) is 0.176. The van der Waals surface area contributed by atoms with E-state index in [0.717, 1.165) is 11.8 Å². The van der Waals surface area contributed by atoms with Crippen LogP contribution in [0.4, 0.5) is 30.4 Å². The number of halogens is 3. The van der Waals surface area contributed by atoms with Gasteiger partial charge in [-0.1, -0.05) is 26.8 Å². The van der Waals surface area contributed by atoms with Gasteiger partial charge in [0.2, 0.25) is 6.35 Å². The van der Waals surface area contributed by atoms with Crippen LogP contribution in [0.5, 0.6) is 0 Å². The highest BCUT2D eigenvalue weighted by Gasteiger charge is 2.35. The molecule has 44 heavy (non-hydrogen) atoms. The number of anilines is 3. The minimum atomic E-state index is -4.57. The number of aromatic nitrogens is 4. The van der Waals surface area contributed by atoms with Crippen molar-refractivity contribution < 1.29 is 23.4 Å². The molecule has 2 aromatic carbocycles. The van der Waals surface area contributed by atoms with Crippen LogP contribution in [0.3, 0.4) is 0 Å². The van der Waals surface area contributed by atoms with Gasteiger partial charge in [-0.2, -0.15) is 13.2 Å². The van der Waals surface area contributed by atoms with Crippen LogP contribution in [0.25, 0.3) is 16.9 Å². The van der Waals surface area contributed by atoms with Crippen LogP contribution in [0.2, 0.25) is 0 Å². The van der Waals surface area contributed by atoms with Crippen LogP contribution in [-0.4, -0.2) is 85.3 Å². The Hall–Kier alpha value is -3.98. The molecule has 1 saturated heterocycles. The first-order valence-corrected chi connectivity index (χ1v) is 14.4. The van der Waals surface area contributed by atoms with Crippen molar-refractivity contribution in [3.05, 3.63) is 66.2 Å². The molecule has 0 saturated carbocycles. The molecule has 1 fully saturated rings. The minimum Gasteiger partial charge on any atom is -0.378 e. The van der Waals surface area contributed by atoms with Crippen LogP contribution >= 0.6 is 0 Å². The van der Waals surface area contributed by atoms with Gasteiger partial charge >= 0.3 is 6.18 Å². The van der Waals surface area contributed by atoms with Crippen LogP contribution < -0.4 is 16.0 Å². The molecule has 5 rings (SSSR count). The van der Waals surface area contributed by atoms with Gasteiger partial charge in [-0.3, -0.25) is 14.4 Å². The Morgan fingerprint density at radius 3 is 2.18 bits per heavy atom. The molecule has 0 aliphatic carbocycles. The standard InChI is InChI=1S/C30H38F3N9O2/c1-29(2,3)27(43)41-13-11-40(12-14-41)16-19-5-6-21(15-23(19)30(31,32)33)39-28(44)38-20-7-9-22(10-8-20)42-18-37-24-25(34-4)35-17-36-26(24)42/h5-10,15,17-18,27-28,38-39,43-44H,11-14,16H2,1-4H3,(H,34,35,36)/t27?,28-/m0/s1. The Kier molecular flexibility index (Phi) is 8.97. The second-order valence-electron chi connectivity index (χ2n) is 11.9. The van der Waals surface area contributed by atoms with E-state index in [4.69, 9.17) is 0 Å². The summed E-state index contributed by atoms with van der Waals surface area (Å²) in [7, 11) is 1.75. The second-order valence-corrected chi connectivity index (χ2v) is 11.9. The Bertz CT molecular complexity index is 1560. The van der Waals surface area contributed by atoms with Crippen molar-refractivity contribution in [3.8, 4) is 5.69 Å². The largest absolute Gasteiger partial charge is 0.416 e. The SMILES string of the molecule is CNc1ncnc2c1ncn2-c1ccc(N[C@H](O)Nc2ccc(CN3CCN(C(O)C(C)(C)C)CC3)c(C(F)(F)F)c2)cc1. The van der Waals surface area contributed by atoms with E-state index in [1.54, 1.807) is 42.2 Å². The predicted octanol–water partition coefficient (Wildman–Crippen LogP) is 4.16. The summed E-state index contributed by atoms with van der Waals surface area (Å²) in [5.74, 6) is 0.609. The van der Waals surface area contributed by atoms with Crippen molar-refractivity contribution in [1.29, 1.82) is 0 Å². The third-order valence-electron chi connectivity index (χ3n) is 7.66. The van der Waals surface area contributed by atoms with Gasteiger partial charge in [-0.25, -0.2) is 15.0 Å². The molecule has 1 aliphatic heterocycles. The van der Waals surface area contributed by atoms with E-state index >= 15 is 0 Å². The normalized spacial score (nSPS) is 16.6. The molecule has 236 valence electrons. The molecule has 0 amide bonds. The average molecular weight is 614 g/mol. The summed E-state index contributed by atoms with van der Waals surface area (Å²) >= 11 is 0. The molecule has 2 atom stereocenters. The number of nitrogens with zero attached hydrogens (tertiary/aromatic N) is 6. The summed E-state index contributed by atoms with van der Waals surface area (Å²) in [6, 6.07) is 11.1. The monoisotopic (exact) mass is 613 g/mol. The molecular formula is C30H38F3N9O2. The van der Waals surface area contributed by atoms with Gasteiger partial charge in [0.05, 0.1) is 5.56 Å². The number of hydrogen-bond donors (Lipinski definition) is 5. The molecule has 11 nitrogen and oxygen atoms in total. The highest BCUT2D eigenvalue weighted by molar-refractivity contribution is 5.83. The van der Waals surface area contributed by atoms with Crippen molar-refractivity contribution >= 4 is 28.4 Å². The maximum atomic E-state index is 14.1. The van der Waals surface area contributed by atoms with Crippen LogP contribution in [0.15, 0.2) is 55.1 Å². The van der Waals surface area contributed by atoms with Gasteiger partial charge in [0, 0.05) is 62.2 Å². The van der Waals surface area contributed by atoms with Gasteiger partial charge < -0.3 is 26.2 Å². The van der Waals surface area contributed by atoms with Crippen molar-refractivity contribution in [2.75, 3.05) is 49.2 Å². The molecule has 0 spiro atoms. The van der Waals surface area contributed by atoms with Gasteiger partial charge in [0.1, 0.15) is 18.9 Å². The Balaban J connectivity index is 1.22. The molecular weight excluding hydrogens is 575 g/mol. The van der Waals surface area contributed by atoms with Crippen molar-refractivity contribution in [2.45, 2.75) is 46.1 Å². The summed E-state index contributed by atoms with van der Waals surface area (Å²) in [6.45, 7) is 8.25. The average Bonchev–Trinajstić information content (AvgIpc) is 3.42. The zero-order chi connectivity index (χ0) is 31.6. The third kappa shape index (κ3) is 7.04. The number of piperazine rings is 1. The van der Waals surface area contributed by atoms with E-state index in [2.05, 4.69) is 30.9 Å². The number of alkyl halides is 3. The topological polar surface area (TPSA) is 127 Å². The smallest absolute Gasteiger partial charge is 0.378 e. The Labute approximate surface area is 253 Å². The van der Waals surface area contributed by atoms with E-state index in [-0.39, 0.29) is 23.2 Å². The number of nitrogens with one attached hydrogen (secondary N) is 3. The Morgan fingerprint density at radius 1 is 0.886 bits per heavy atom. The molecule has 14 heteroatoms. The molecule has 5 N–H and O–H groups in total. The van der Waals surface area contributed by atoms with Gasteiger partial charge in [-0.05, 0) is 42.0 Å². The third-order valence-corrected chi connectivity index (χ3v) is 7.66. The van der Waals surface area contributed by atoms with Crippen molar-refractivity contribution in [3.63, 3.8) is 0 Å². The first-order chi connectivity index (χ1) is 20.8. The number of fused-ring (bicyclic) bond motifs is 1. The maximum absolute atomic E-state index is 14.1. The van der Waals surface area contributed by atoms with Gasteiger partial charge in [0.25, 0.3) is 0 Å². The van der Waals surface area contributed by atoms with Gasteiger partial charge in [0.15, 0.2) is 17.0 Å². The van der Waals surface area contributed by atoms with Crippen LogP contribution in [0.1, 0.15) is 31.9 Å². The molecule has 2 aromatic heterocycles. The van der Waals surface area contributed by atoms with Crippen LogP contribution in [0, 0.1) is 5.41 Å². The van der Waals surface area contributed by atoms with Crippen molar-refractivity contribution in [1.82, 2.24) is 29.3 Å². The summed E-state index contributed by atoms with van der Waals surface area (Å²) in [5.41, 5.74) is 1.79. The van der Waals surface area contributed by atoms with E-state index in [9.17, 15) is 23.4 Å². The van der Waals surface area contributed by atoms with Crippen molar-refractivity contribution in [2.24, 2.45) is 5.41 Å². The van der Waals surface area contributed by atoms with Crippen LogP contribution in [-0.2, 0) is 12.7 Å². The number of hydrogen-bond acceptors (Lipinski definition) is 10. The zero-order valence-corrected chi connectivity index (χ0v) is 25.1. The fraction of sp³-hybridized carbons (Fsp3) is 0.433. The zero-order valence-electron chi connectivity index (χ0n) is 25.1. The molecule has 0 bridgehead atoms. The molecule has 0 radical (unpaired) electrons. The predicted molar refractivity (Wildman–Crippen MR) is 163 cm³/mol. The minimum absolute atomic E-state index is 0.126. The highest BCUT2D eigenvalue weighted by Crippen LogP contribution is 2.35. The highest BCUT2D eigenvalue weighted by atomic mass is 19.4. The van der Waals surface area contributed by atoms with Gasteiger partial charge in [-0.15, -0.1) is 0 Å². The first kappa shape index (κ1) is 31.4. The lowest BCUT2D eigenvalue weighted by Gasteiger charge is -2.41. The van der Waals surface area contributed by atoms with E-state index in [0.29, 0.717) is 48.8 Å². The lowest BCUT2D eigenvalue weighted by atomic mass is 9.93. The Morgan fingerprint density at radius 2 is 1.55 bits per heavy atom. The number of benzene rings is 2. The fourth-order valence-electron chi connectivity index (χ4n) is 5.30. The van der Waals surface area contributed by atoms with E-state index in [1.807, 2.05) is 30.6 Å². The number of aliphatic hydroxyl groups is 2. The number of imidazole rings is 1. The number of aliphatic hydroxyl groups excluding tert-OH is 2. The molecule has 3 heterocycles. The molecule has 1 aliphatic rings. The fourth-order valence-corrected chi connectivity index (χ4v) is 5.30. The maximum Gasteiger partial charge on any atom is 0.416 e. The summed E-state index contributed by atoms with van der Waals surface area (Å²) in [5, 5.41) is 29.7. The lowest BCUT2D eigenvalue weighted by molar-refractivity contribution is -0.138. The van der Waals surface area contributed by atoms with E-state index < -0.39 is 24.3 Å². The first-order valence-electron chi connectivity index (χ1n) is 14.4. The van der Waals surface area contributed by atoms with E-state index in [1.165, 1.54) is 18.5 Å². The summed E-state index contributed by atoms with van der Waals surface area (Å²) in [4.78, 5) is 16.8.